The Kier molecular flexibility index (Phi) is 5.28. The van der Waals surface area contributed by atoms with Crippen LogP contribution in [-0.2, 0) is 0 Å². The number of pyridine rings is 1. The van der Waals surface area contributed by atoms with Gasteiger partial charge in [-0.15, -0.1) is 0 Å². The van der Waals surface area contributed by atoms with Gasteiger partial charge in [-0.2, -0.15) is 0 Å². The fourth-order valence-corrected chi connectivity index (χ4v) is 3.64. The van der Waals surface area contributed by atoms with Crippen LogP contribution in [0.2, 0.25) is 0 Å². The standard InChI is InChI=1S/C23H23F2N5/c1-13(2)19-22(20(14(3)4)28-11-27-19)30-12-26-10-15-9-18(25)21(29-23(15)30)16-7-5-6-8-17(16)24/h5-11,13-14H,12H2,1-4H3. The van der Waals surface area contributed by atoms with Gasteiger partial charge in [0, 0.05) is 17.3 Å². The molecule has 30 heavy (non-hydrogen) atoms. The minimum absolute atomic E-state index is 0.0267. The van der Waals surface area contributed by atoms with Crippen LogP contribution in [0.5, 0.6) is 0 Å². The molecule has 0 fully saturated rings. The molecule has 0 atom stereocenters. The van der Waals surface area contributed by atoms with Gasteiger partial charge in [-0.1, -0.05) is 39.8 Å². The first-order valence-electron chi connectivity index (χ1n) is 9.96. The van der Waals surface area contributed by atoms with Crippen LogP contribution in [0.3, 0.4) is 0 Å². The third-order valence-electron chi connectivity index (χ3n) is 5.06. The van der Waals surface area contributed by atoms with E-state index in [2.05, 4.69) is 47.6 Å². The monoisotopic (exact) mass is 407 g/mol. The van der Waals surface area contributed by atoms with Crippen molar-refractivity contribution in [2.75, 3.05) is 11.6 Å². The Labute approximate surface area is 174 Å². The van der Waals surface area contributed by atoms with Crippen molar-refractivity contribution in [2.24, 2.45) is 4.99 Å². The molecule has 0 bridgehead atoms. The number of aliphatic imine (C=N–C) groups is 1. The molecule has 1 aliphatic rings. The third kappa shape index (κ3) is 3.44. The van der Waals surface area contributed by atoms with Crippen LogP contribution in [-0.4, -0.2) is 27.8 Å². The van der Waals surface area contributed by atoms with Crippen molar-refractivity contribution in [3.05, 3.63) is 65.2 Å². The summed E-state index contributed by atoms with van der Waals surface area (Å²) in [5.74, 6) is -0.316. The third-order valence-corrected chi connectivity index (χ3v) is 5.06. The van der Waals surface area contributed by atoms with Crippen LogP contribution in [0.25, 0.3) is 11.3 Å². The number of aromatic nitrogens is 3. The molecule has 0 unspecified atom stereocenters. The first kappa shape index (κ1) is 20.1. The molecular weight excluding hydrogens is 384 g/mol. The number of fused-ring (bicyclic) bond motifs is 1. The van der Waals surface area contributed by atoms with E-state index in [9.17, 15) is 8.78 Å². The maximum Gasteiger partial charge on any atom is 0.150 e. The number of nitrogens with zero attached hydrogens (tertiary/aromatic N) is 5. The molecule has 5 nitrogen and oxygen atoms in total. The Bertz CT molecular complexity index is 1100. The average Bonchev–Trinajstić information content (AvgIpc) is 2.72. The lowest BCUT2D eigenvalue weighted by atomic mass is 10.00. The summed E-state index contributed by atoms with van der Waals surface area (Å²) in [6.45, 7) is 8.55. The van der Waals surface area contributed by atoms with Crippen LogP contribution in [0.4, 0.5) is 20.3 Å². The fraction of sp³-hybridized carbons (Fsp3) is 0.304. The summed E-state index contributed by atoms with van der Waals surface area (Å²) in [6.07, 6.45) is 3.17. The Morgan fingerprint density at radius 1 is 0.933 bits per heavy atom. The Balaban J connectivity index is 1.95. The predicted molar refractivity (Wildman–Crippen MR) is 114 cm³/mol. The number of anilines is 2. The van der Waals surface area contributed by atoms with Crippen LogP contribution in [0.1, 0.15) is 56.5 Å². The van der Waals surface area contributed by atoms with E-state index in [1.54, 1.807) is 24.7 Å². The van der Waals surface area contributed by atoms with Gasteiger partial charge in [0.15, 0.2) is 0 Å². The van der Waals surface area contributed by atoms with Crippen LogP contribution < -0.4 is 4.90 Å². The summed E-state index contributed by atoms with van der Waals surface area (Å²) in [6, 6.07) is 7.41. The summed E-state index contributed by atoms with van der Waals surface area (Å²) in [7, 11) is 0. The molecule has 1 aliphatic heterocycles. The first-order valence-corrected chi connectivity index (χ1v) is 9.96. The maximum atomic E-state index is 14.9. The zero-order valence-corrected chi connectivity index (χ0v) is 17.4. The second kappa shape index (κ2) is 7.89. The lowest BCUT2D eigenvalue weighted by Crippen LogP contribution is -2.27. The summed E-state index contributed by atoms with van der Waals surface area (Å²) >= 11 is 0. The van der Waals surface area contributed by atoms with Crippen molar-refractivity contribution in [1.82, 2.24) is 15.0 Å². The van der Waals surface area contributed by atoms with Crippen LogP contribution in [0, 0.1) is 11.6 Å². The van der Waals surface area contributed by atoms with E-state index < -0.39 is 11.6 Å². The highest BCUT2D eigenvalue weighted by Crippen LogP contribution is 2.39. The van der Waals surface area contributed by atoms with Crippen LogP contribution >= 0.6 is 0 Å². The molecule has 154 valence electrons. The molecule has 3 heterocycles. The Morgan fingerprint density at radius 3 is 2.23 bits per heavy atom. The molecule has 0 spiro atoms. The van der Waals surface area contributed by atoms with Gasteiger partial charge in [0.2, 0.25) is 0 Å². The van der Waals surface area contributed by atoms with E-state index >= 15 is 0 Å². The minimum Gasteiger partial charge on any atom is -0.302 e. The van der Waals surface area contributed by atoms with E-state index in [1.165, 1.54) is 18.2 Å². The molecule has 0 saturated heterocycles. The normalized spacial score (nSPS) is 13.3. The molecule has 0 saturated carbocycles. The lowest BCUT2D eigenvalue weighted by Gasteiger charge is -2.31. The molecule has 7 heteroatoms. The molecule has 0 N–H and O–H groups in total. The van der Waals surface area contributed by atoms with Crippen molar-refractivity contribution in [3.8, 4) is 11.3 Å². The molecule has 0 amide bonds. The highest BCUT2D eigenvalue weighted by Gasteiger charge is 2.28. The van der Waals surface area contributed by atoms with Crippen molar-refractivity contribution >= 4 is 17.7 Å². The Morgan fingerprint density at radius 2 is 1.60 bits per heavy atom. The highest BCUT2D eigenvalue weighted by atomic mass is 19.1. The van der Waals surface area contributed by atoms with Gasteiger partial charge in [0.1, 0.15) is 36.1 Å². The van der Waals surface area contributed by atoms with Crippen molar-refractivity contribution < 1.29 is 8.78 Å². The second-order valence-corrected chi connectivity index (χ2v) is 7.89. The van der Waals surface area contributed by atoms with Crippen molar-refractivity contribution in [3.63, 3.8) is 0 Å². The number of halogens is 2. The number of benzene rings is 1. The van der Waals surface area contributed by atoms with E-state index in [0.717, 1.165) is 17.1 Å². The van der Waals surface area contributed by atoms with Gasteiger partial charge < -0.3 is 4.90 Å². The quantitative estimate of drug-likeness (QED) is 0.566. The summed E-state index contributed by atoms with van der Waals surface area (Å²) < 4.78 is 29.2. The predicted octanol–water partition coefficient (Wildman–Crippen LogP) is 5.59. The average molecular weight is 407 g/mol. The zero-order valence-electron chi connectivity index (χ0n) is 17.4. The van der Waals surface area contributed by atoms with Gasteiger partial charge in [-0.05, 0) is 30.0 Å². The Hall–Kier alpha value is -3.22. The minimum atomic E-state index is -0.593. The van der Waals surface area contributed by atoms with Gasteiger partial charge in [-0.25, -0.2) is 23.7 Å². The van der Waals surface area contributed by atoms with Gasteiger partial charge in [-0.3, -0.25) is 4.99 Å². The molecule has 3 aromatic rings. The largest absolute Gasteiger partial charge is 0.302 e. The first-order chi connectivity index (χ1) is 14.4. The zero-order chi connectivity index (χ0) is 21.4. The van der Waals surface area contributed by atoms with E-state index in [-0.39, 0.29) is 23.1 Å². The molecule has 0 radical (unpaired) electrons. The van der Waals surface area contributed by atoms with Gasteiger partial charge >= 0.3 is 0 Å². The SMILES string of the molecule is CC(C)c1ncnc(C(C)C)c1N1CN=Cc2cc(F)c(-c3ccccc3F)nc21. The van der Waals surface area contributed by atoms with Crippen molar-refractivity contribution in [2.45, 2.75) is 39.5 Å². The second-order valence-electron chi connectivity index (χ2n) is 7.89. The van der Waals surface area contributed by atoms with E-state index in [1.807, 2.05) is 4.90 Å². The number of rotatable bonds is 4. The fourth-order valence-electron chi connectivity index (χ4n) is 3.64. The number of hydrogen-bond acceptors (Lipinski definition) is 5. The van der Waals surface area contributed by atoms with Crippen LogP contribution in [0.15, 0.2) is 41.7 Å². The van der Waals surface area contributed by atoms with E-state index in [0.29, 0.717) is 18.1 Å². The number of hydrogen-bond donors (Lipinski definition) is 0. The summed E-state index contributed by atoms with van der Waals surface area (Å²) in [5.41, 5.74) is 3.20. The molecule has 0 aliphatic carbocycles. The molecule has 1 aromatic carbocycles. The summed E-state index contributed by atoms with van der Waals surface area (Å²) in [5, 5.41) is 0. The maximum absolute atomic E-state index is 14.9. The molecule has 2 aromatic heterocycles. The van der Waals surface area contributed by atoms with E-state index in [4.69, 9.17) is 0 Å². The van der Waals surface area contributed by atoms with Gasteiger partial charge in [0.25, 0.3) is 0 Å². The molecule has 4 rings (SSSR count). The lowest BCUT2D eigenvalue weighted by molar-refractivity contribution is 0.611. The van der Waals surface area contributed by atoms with Crippen molar-refractivity contribution in [1.29, 1.82) is 0 Å². The molecular formula is C23H23F2N5. The van der Waals surface area contributed by atoms with Gasteiger partial charge in [0.05, 0.1) is 17.1 Å². The summed E-state index contributed by atoms with van der Waals surface area (Å²) in [4.78, 5) is 19.9. The highest BCUT2D eigenvalue weighted by molar-refractivity contribution is 5.92. The smallest absolute Gasteiger partial charge is 0.150 e. The topological polar surface area (TPSA) is 54.3 Å².